The molecule has 2 aromatic carbocycles. The molecule has 0 radical (unpaired) electrons. The highest BCUT2D eigenvalue weighted by atomic mass is 32.2. The molecular formula is C24H23F3N4O7S3. The molecule has 0 spiro atoms. The highest BCUT2D eigenvalue weighted by molar-refractivity contribution is 7.92. The molecule has 1 amide bonds. The number of nitrogens with one attached hydrogen (secondary N) is 2. The van der Waals surface area contributed by atoms with Crippen molar-refractivity contribution in [2.24, 2.45) is 0 Å². The van der Waals surface area contributed by atoms with Crippen LogP contribution < -0.4 is 10.6 Å². The van der Waals surface area contributed by atoms with Crippen LogP contribution in [0.15, 0.2) is 69.8 Å². The van der Waals surface area contributed by atoms with Crippen LogP contribution in [0, 0.1) is 10.1 Å². The highest BCUT2D eigenvalue weighted by Gasteiger charge is 2.47. The molecule has 41 heavy (non-hydrogen) atoms. The van der Waals surface area contributed by atoms with E-state index in [9.17, 15) is 44.9 Å². The Bertz CT molecular complexity index is 1670. The second kappa shape index (κ2) is 11.8. The highest BCUT2D eigenvalue weighted by Crippen LogP contribution is 2.32. The predicted molar refractivity (Wildman–Crippen MR) is 144 cm³/mol. The van der Waals surface area contributed by atoms with Crippen molar-refractivity contribution in [1.82, 2.24) is 9.62 Å². The van der Waals surface area contributed by atoms with E-state index in [1.54, 1.807) is 6.07 Å². The monoisotopic (exact) mass is 632 g/mol. The predicted octanol–water partition coefficient (Wildman–Crippen LogP) is 4.15. The summed E-state index contributed by atoms with van der Waals surface area (Å²) >= 11 is 0.971. The van der Waals surface area contributed by atoms with E-state index in [1.807, 2.05) is 0 Å². The third kappa shape index (κ3) is 6.86. The molecule has 17 heteroatoms. The first-order valence-corrected chi connectivity index (χ1v) is 15.7. The van der Waals surface area contributed by atoms with Gasteiger partial charge in [-0.15, -0.1) is 11.3 Å². The summed E-state index contributed by atoms with van der Waals surface area (Å²) in [5.74, 6) is -0.553. The third-order valence-corrected chi connectivity index (χ3v) is 11.2. The Labute approximate surface area is 237 Å². The second-order valence-electron chi connectivity index (χ2n) is 9.01. The molecule has 1 saturated heterocycles. The van der Waals surface area contributed by atoms with Crippen molar-refractivity contribution in [2.45, 2.75) is 40.0 Å². The zero-order valence-corrected chi connectivity index (χ0v) is 23.4. The summed E-state index contributed by atoms with van der Waals surface area (Å²) in [6, 6.07) is 12.3. The summed E-state index contributed by atoms with van der Waals surface area (Å²) in [6.45, 7) is 0.255. The lowest BCUT2D eigenvalue weighted by Gasteiger charge is -2.31. The largest absolute Gasteiger partial charge is 0.501 e. The Hall–Kier alpha value is -3.54. The average molecular weight is 633 g/mol. The molecule has 4 rings (SSSR count). The van der Waals surface area contributed by atoms with E-state index in [2.05, 4.69) is 10.6 Å². The molecule has 2 N–H and O–H groups in total. The molecule has 1 fully saturated rings. The molecule has 11 nitrogen and oxygen atoms in total. The zero-order chi connectivity index (χ0) is 30.0. The van der Waals surface area contributed by atoms with Crippen molar-refractivity contribution < 1.29 is 39.7 Å². The summed E-state index contributed by atoms with van der Waals surface area (Å²) in [7, 11) is -9.35. The van der Waals surface area contributed by atoms with Gasteiger partial charge < -0.3 is 10.6 Å². The van der Waals surface area contributed by atoms with Crippen molar-refractivity contribution in [3.8, 4) is 0 Å². The first-order valence-electron chi connectivity index (χ1n) is 12.0. The number of carbonyl (C=O) groups is 1. The van der Waals surface area contributed by atoms with Gasteiger partial charge >= 0.3 is 5.51 Å². The number of halogens is 3. The maximum absolute atomic E-state index is 13.2. The SMILES string of the molecule is O=C(NCc1ccc(S(=O)(=O)N2CCC(Nc3cccc(S(=O)(=O)C(F)(F)F)c3)CC2)s1)c1cccc([N+](=O)[O-])c1. The van der Waals surface area contributed by atoms with Gasteiger partial charge in [0, 0.05) is 47.4 Å². The summed E-state index contributed by atoms with van der Waals surface area (Å²) < 4.78 is 89.7. The minimum absolute atomic E-state index is 0.0107. The maximum atomic E-state index is 13.2. The number of nitro groups is 1. The molecule has 0 saturated carbocycles. The number of sulfonamides is 1. The molecule has 1 aromatic heterocycles. The standard InChI is InChI=1S/C24H23F3N4O7S3/c25-24(26,27)40(35,36)21-6-2-4-18(14-21)29-17-9-11-30(12-10-17)41(37,38)22-8-7-20(39-22)15-28-23(32)16-3-1-5-19(13-16)31(33)34/h1-8,13-14,17,29H,9-12,15H2,(H,28,32). The summed E-state index contributed by atoms with van der Waals surface area (Å²) in [4.78, 5) is 22.3. The van der Waals surface area contributed by atoms with Crippen molar-refractivity contribution >= 4 is 48.5 Å². The van der Waals surface area contributed by atoms with Gasteiger partial charge in [-0.2, -0.15) is 17.5 Å². The quantitative estimate of drug-likeness (QED) is 0.263. The van der Waals surface area contributed by atoms with Crippen LogP contribution in [0.1, 0.15) is 28.1 Å². The van der Waals surface area contributed by atoms with E-state index in [-0.39, 0.29) is 46.8 Å². The topological polar surface area (TPSA) is 156 Å². The van der Waals surface area contributed by atoms with Gasteiger partial charge in [-0.05, 0) is 49.2 Å². The van der Waals surface area contributed by atoms with Crippen LogP contribution in [-0.2, 0) is 26.4 Å². The number of rotatable bonds is 9. The number of anilines is 1. The van der Waals surface area contributed by atoms with Crippen molar-refractivity contribution in [2.75, 3.05) is 18.4 Å². The molecule has 1 aliphatic rings. The van der Waals surface area contributed by atoms with Gasteiger partial charge in [0.1, 0.15) is 4.21 Å². The fourth-order valence-corrected chi connectivity index (χ4v) is 7.84. The van der Waals surface area contributed by atoms with Gasteiger partial charge in [-0.1, -0.05) is 12.1 Å². The van der Waals surface area contributed by atoms with Gasteiger partial charge in [0.05, 0.1) is 16.4 Å². The van der Waals surface area contributed by atoms with Gasteiger partial charge in [0.15, 0.2) is 0 Å². The Morgan fingerprint density at radius 1 is 1.02 bits per heavy atom. The number of alkyl halides is 3. The van der Waals surface area contributed by atoms with Gasteiger partial charge in [-0.3, -0.25) is 14.9 Å². The fraction of sp³-hybridized carbons (Fsp3) is 0.292. The number of hydrogen-bond donors (Lipinski definition) is 2. The van der Waals surface area contributed by atoms with Gasteiger partial charge in [0.2, 0.25) is 0 Å². The maximum Gasteiger partial charge on any atom is 0.501 e. The molecule has 0 atom stereocenters. The lowest BCUT2D eigenvalue weighted by molar-refractivity contribution is -0.384. The van der Waals surface area contributed by atoms with Crippen LogP contribution in [0.4, 0.5) is 24.5 Å². The smallest absolute Gasteiger partial charge is 0.382 e. The lowest BCUT2D eigenvalue weighted by atomic mass is 10.1. The number of thiophene rings is 1. The number of nitro benzene ring substituents is 1. The van der Waals surface area contributed by atoms with Crippen LogP contribution in [0.5, 0.6) is 0 Å². The minimum Gasteiger partial charge on any atom is -0.382 e. The zero-order valence-electron chi connectivity index (χ0n) is 21.0. The lowest BCUT2D eigenvalue weighted by Crippen LogP contribution is -2.42. The second-order valence-corrected chi connectivity index (χ2v) is 14.3. The Morgan fingerprint density at radius 2 is 1.71 bits per heavy atom. The molecule has 0 aliphatic carbocycles. The van der Waals surface area contributed by atoms with E-state index in [1.165, 1.54) is 40.7 Å². The number of piperidine rings is 1. The average Bonchev–Trinajstić information content (AvgIpc) is 3.42. The van der Waals surface area contributed by atoms with Crippen LogP contribution >= 0.6 is 11.3 Å². The number of nitrogens with zero attached hydrogens (tertiary/aromatic N) is 2. The van der Waals surface area contributed by atoms with Gasteiger partial charge in [0.25, 0.3) is 31.5 Å². The number of carbonyl (C=O) groups excluding carboxylic acids is 1. The summed E-state index contributed by atoms with van der Waals surface area (Å²) in [5.41, 5.74) is -5.39. The van der Waals surface area contributed by atoms with Gasteiger partial charge in [-0.25, -0.2) is 16.8 Å². The van der Waals surface area contributed by atoms with E-state index >= 15 is 0 Å². The van der Waals surface area contributed by atoms with E-state index in [0.29, 0.717) is 17.7 Å². The fourth-order valence-electron chi connectivity index (χ4n) is 4.11. The Balaban J connectivity index is 1.33. The number of amides is 1. The molecule has 220 valence electrons. The van der Waals surface area contributed by atoms with Crippen molar-refractivity contribution in [3.05, 3.63) is 81.2 Å². The van der Waals surface area contributed by atoms with Crippen molar-refractivity contribution in [3.63, 3.8) is 0 Å². The van der Waals surface area contributed by atoms with Crippen LogP contribution in [0.2, 0.25) is 0 Å². The molecular weight excluding hydrogens is 609 g/mol. The normalized spacial score (nSPS) is 15.4. The molecule has 0 unspecified atom stereocenters. The van der Waals surface area contributed by atoms with Crippen molar-refractivity contribution in [1.29, 1.82) is 0 Å². The molecule has 0 bridgehead atoms. The van der Waals surface area contributed by atoms with E-state index in [0.717, 1.165) is 29.5 Å². The number of non-ortho nitro benzene ring substituents is 1. The van der Waals surface area contributed by atoms with E-state index < -0.39 is 41.1 Å². The Kier molecular flexibility index (Phi) is 8.72. The minimum atomic E-state index is -5.50. The molecule has 3 aromatic rings. The molecule has 2 heterocycles. The first kappa shape index (κ1) is 30.4. The van der Waals surface area contributed by atoms with E-state index in [4.69, 9.17) is 0 Å². The molecule has 1 aliphatic heterocycles. The third-order valence-electron chi connectivity index (χ3n) is 6.25. The summed E-state index contributed by atoms with van der Waals surface area (Å²) in [5, 5.41) is 16.5. The van der Waals surface area contributed by atoms with Crippen LogP contribution in [0.3, 0.4) is 0 Å². The first-order chi connectivity index (χ1) is 19.2. The van der Waals surface area contributed by atoms with Crippen LogP contribution in [0.25, 0.3) is 0 Å². The summed E-state index contributed by atoms with van der Waals surface area (Å²) in [6.07, 6.45) is 0.653. The Morgan fingerprint density at radius 3 is 2.37 bits per heavy atom. The number of hydrogen-bond acceptors (Lipinski definition) is 9. The number of sulfone groups is 1. The number of benzene rings is 2. The van der Waals surface area contributed by atoms with Crippen LogP contribution in [-0.4, -0.2) is 56.6 Å².